The first-order valence-corrected chi connectivity index (χ1v) is 11.2. The molecule has 172 valence electrons. The molecule has 0 aliphatic heterocycles. The summed E-state index contributed by atoms with van der Waals surface area (Å²) in [4.78, 5) is 13.0. The van der Waals surface area contributed by atoms with E-state index in [1.54, 1.807) is 24.3 Å². The highest BCUT2D eigenvalue weighted by Crippen LogP contribution is 2.60. The standard InChI is InChI=1S/C29H26FNO3/c1-19(20-10-6-4-7-11-20)16-23-27(29(23,2)3)28(32)34-26(18-31)21-14-15-24(30)25(17-21)33-22-12-8-5-9-13-22/h4-17,23,26-27H,1-3H3. The number of rotatable bonds is 7. The summed E-state index contributed by atoms with van der Waals surface area (Å²) in [6.45, 7) is 6.06. The lowest BCUT2D eigenvalue weighted by molar-refractivity contribution is -0.149. The van der Waals surface area contributed by atoms with Gasteiger partial charge in [0.15, 0.2) is 11.6 Å². The molecule has 5 heteroatoms. The van der Waals surface area contributed by atoms with E-state index in [4.69, 9.17) is 9.47 Å². The van der Waals surface area contributed by atoms with Crippen LogP contribution in [0, 0.1) is 34.4 Å². The first-order valence-electron chi connectivity index (χ1n) is 11.2. The largest absolute Gasteiger partial charge is 0.454 e. The quantitative estimate of drug-likeness (QED) is 0.357. The van der Waals surface area contributed by atoms with Crippen LogP contribution >= 0.6 is 0 Å². The molecular weight excluding hydrogens is 429 g/mol. The molecule has 3 unspecified atom stereocenters. The Bertz CT molecular complexity index is 1250. The molecule has 0 saturated heterocycles. The van der Waals surface area contributed by atoms with E-state index >= 15 is 0 Å². The molecule has 0 amide bonds. The first kappa shape index (κ1) is 23.3. The van der Waals surface area contributed by atoms with Gasteiger partial charge in [-0.1, -0.05) is 74.5 Å². The van der Waals surface area contributed by atoms with Crippen molar-refractivity contribution in [2.75, 3.05) is 0 Å². The summed E-state index contributed by atoms with van der Waals surface area (Å²) >= 11 is 0. The Hall–Kier alpha value is -3.91. The fraction of sp³-hybridized carbons (Fsp3) is 0.241. The highest BCUT2D eigenvalue weighted by molar-refractivity contribution is 5.80. The highest BCUT2D eigenvalue weighted by atomic mass is 19.1. The van der Waals surface area contributed by atoms with Crippen LogP contribution in [0.5, 0.6) is 11.5 Å². The molecule has 0 N–H and O–H groups in total. The normalized spacial score (nSPS) is 19.6. The molecule has 0 aromatic heterocycles. The number of ether oxygens (including phenoxy) is 2. The second-order valence-corrected chi connectivity index (χ2v) is 9.09. The van der Waals surface area contributed by atoms with Crippen LogP contribution in [0.2, 0.25) is 0 Å². The summed E-state index contributed by atoms with van der Waals surface area (Å²) in [6, 6.07) is 24.8. The second kappa shape index (κ2) is 9.52. The van der Waals surface area contributed by atoms with Crippen LogP contribution in [0.3, 0.4) is 0 Å². The zero-order chi connectivity index (χ0) is 24.3. The summed E-state index contributed by atoms with van der Waals surface area (Å²) in [5, 5.41) is 9.70. The molecule has 3 atom stereocenters. The maximum atomic E-state index is 14.3. The third-order valence-electron chi connectivity index (χ3n) is 6.40. The Morgan fingerprint density at radius 3 is 2.35 bits per heavy atom. The lowest BCUT2D eigenvalue weighted by Gasteiger charge is -2.14. The number of halogens is 1. The molecule has 1 aliphatic rings. The molecule has 1 aliphatic carbocycles. The first-order chi connectivity index (χ1) is 16.3. The predicted octanol–water partition coefficient (Wildman–Crippen LogP) is 7.10. The number of para-hydroxylation sites is 1. The SMILES string of the molecule is CC(=CC1C(C(=O)OC(C#N)c2ccc(F)c(Oc3ccccc3)c2)C1(C)C)c1ccccc1. The molecule has 4 rings (SSSR count). The predicted molar refractivity (Wildman–Crippen MR) is 128 cm³/mol. The van der Waals surface area contributed by atoms with Crippen LogP contribution in [0.1, 0.15) is 38.0 Å². The summed E-state index contributed by atoms with van der Waals surface area (Å²) in [5.41, 5.74) is 2.27. The van der Waals surface area contributed by atoms with Gasteiger partial charge in [0, 0.05) is 5.56 Å². The number of nitrogens with zero attached hydrogens (tertiary/aromatic N) is 1. The van der Waals surface area contributed by atoms with Crippen molar-refractivity contribution in [3.05, 3.63) is 102 Å². The van der Waals surface area contributed by atoms with Gasteiger partial charge in [0.25, 0.3) is 0 Å². The second-order valence-electron chi connectivity index (χ2n) is 9.09. The van der Waals surface area contributed by atoms with Gasteiger partial charge < -0.3 is 9.47 Å². The van der Waals surface area contributed by atoms with Crippen molar-refractivity contribution in [1.82, 2.24) is 0 Å². The topological polar surface area (TPSA) is 59.3 Å². The summed E-state index contributed by atoms with van der Waals surface area (Å²) in [7, 11) is 0. The van der Waals surface area contributed by atoms with Gasteiger partial charge in [-0.25, -0.2) is 4.39 Å². The lowest BCUT2D eigenvalue weighted by atomic mass is 10.0. The van der Waals surface area contributed by atoms with Gasteiger partial charge in [-0.3, -0.25) is 4.79 Å². The van der Waals surface area contributed by atoms with E-state index in [0.29, 0.717) is 11.3 Å². The fourth-order valence-corrected chi connectivity index (χ4v) is 4.24. The molecule has 0 radical (unpaired) electrons. The molecule has 3 aromatic carbocycles. The average molecular weight is 456 g/mol. The molecule has 4 nitrogen and oxygen atoms in total. The molecule has 34 heavy (non-hydrogen) atoms. The van der Waals surface area contributed by atoms with Crippen LogP contribution in [0.25, 0.3) is 5.57 Å². The van der Waals surface area contributed by atoms with Crippen LogP contribution in [-0.4, -0.2) is 5.97 Å². The molecular formula is C29H26FNO3. The van der Waals surface area contributed by atoms with Gasteiger partial charge in [0.2, 0.25) is 6.10 Å². The van der Waals surface area contributed by atoms with Crippen molar-refractivity contribution in [2.45, 2.75) is 26.9 Å². The maximum absolute atomic E-state index is 14.3. The third-order valence-corrected chi connectivity index (χ3v) is 6.40. The van der Waals surface area contributed by atoms with E-state index in [1.807, 2.05) is 63.2 Å². The number of nitriles is 1. The van der Waals surface area contributed by atoms with Crippen LogP contribution in [0.15, 0.2) is 84.9 Å². The minimum atomic E-state index is -1.16. The van der Waals surface area contributed by atoms with E-state index in [0.717, 1.165) is 11.1 Å². The zero-order valence-electron chi connectivity index (χ0n) is 19.4. The molecule has 0 heterocycles. The third kappa shape index (κ3) is 4.87. The number of allylic oxidation sites excluding steroid dienone is 2. The number of carbonyl (C=O) groups is 1. The molecule has 1 fully saturated rings. The van der Waals surface area contributed by atoms with Crippen molar-refractivity contribution in [3.63, 3.8) is 0 Å². The number of hydrogen-bond acceptors (Lipinski definition) is 4. The lowest BCUT2D eigenvalue weighted by Crippen LogP contribution is -2.14. The number of carbonyl (C=O) groups excluding carboxylic acids is 1. The van der Waals surface area contributed by atoms with Gasteiger partial charge in [-0.15, -0.1) is 0 Å². The summed E-state index contributed by atoms with van der Waals surface area (Å²) in [6.07, 6.45) is 0.939. The van der Waals surface area contributed by atoms with Crippen molar-refractivity contribution in [1.29, 1.82) is 5.26 Å². The number of esters is 1. The van der Waals surface area contributed by atoms with Crippen molar-refractivity contribution in [3.8, 4) is 17.6 Å². The van der Waals surface area contributed by atoms with Crippen molar-refractivity contribution >= 4 is 11.5 Å². The van der Waals surface area contributed by atoms with Crippen molar-refractivity contribution < 1.29 is 18.7 Å². The van der Waals surface area contributed by atoms with Gasteiger partial charge in [0.05, 0.1) is 5.92 Å². The smallest absolute Gasteiger partial charge is 0.311 e. The van der Waals surface area contributed by atoms with Gasteiger partial charge in [-0.2, -0.15) is 5.26 Å². The zero-order valence-corrected chi connectivity index (χ0v) is 19.4. The van der Waals surface area contributed by atoms with Gasteiger partial charge in [0.1, 0.15) is 11.8 Å². The number of benzene rings is 3. The van der Waals surface area contributed by atoms with Crippen LogP contribution in [-0.2, 0) is 9.53 Å². The monoisotopic (exact) mass is 455 g/mol. The molecule has 1 saturated carbocycles. The van der Waals surface area contributed by atoms with E-state index in [1.165, 1.54) is 18.2 Å². The minimum absolute atomic E-state index is 0.00439. The van der Waals surface area contributed by atoms with Crippen LogP contribution < -0.4 is 4.74 Å². The number of hydrogen-bond donors (Lipinski definition) is 0. The molecule has 0 bridgehead atoms. The molecule has 3 aromatic rings. The Morgan fingerprint density at radius 1 is 1.06 bits per heavy atom. The van der Waals surface area contributed by atoms with Gasteiger partial charge >= 0.3 is 5.97 Å². The summed E-state index contributed by atoms with van der Waals surface area (Å²) < 4.78 is 25.5. The summed E-state index contributed by atoms with van der Waals surface area (Å²) in [5.74, 6) is -0.931. The maximum Gasteiger partial charge on any atom is 0.311 e. The van der Waals surface area contributed by atoms with E-state index in [9.17, 15) is 14.4 Å². The average Bonchev–Trinajstić information content (AvgIpc) is 3.39. The van der Waals surface area contributed by atoms with E-state index in [-0.39, 0.29) is 23.0 Å². The van der Waals surface area contributed by atoms with E-state index < -0.39 is 17.9 Å². The Labute approximate surface area is 199 Å². The fourth-order valence-electron chi connectivity index (χ4n) is 4.24. The Balaban J connectivity index is 1.49. The minimum Gasteiger partial charge on any atom is -0.454 e. The van der Waals surface area contributed by atoms with Gasteiger partial charge in [-0.05, 0) is 53.7 Å². The molecule has 0 spiro atoms. The highest BCUT2D eigenvalue weighted by Gasteiger charge is 2.61. The van der Waals surface area contributed by atoms with E-state index in [2.05, 4.69) is 6.08 Å². The Morgan fingerprint density at radius 2 is 1.71 bits per heavy atom. The van der Waals surface area contributed by atoms with Crippen LogP contribution in [0.4, 0.5) is 4.39 Å². The Kier molecular flexibility index (Phi) is 6.51. The van der Waals surface area contributed by atoms with Crippen molar-refractivity contribution in [2.24, 2.45) is 17.3 Å².